The molecule has 0 saturated heterocycles. The molecule has 0 aliphatic carbocycles. The number of aliphatic hydroxyl groups excluding tert-OH is 1. The van der Waals surface area contributed by atoms with E-state index in [-0.39, 0.29) is 6.04 Å². The molecule has 0 spiro atoms. The van der Waals surface area contributed by atoms with Gasteiger partial charge in [0.1, 0.15) is 37.1 Å². The first-order valence-corrected chi connectivity index (χ1v) is 17.3. The zero-order chi connectivity index (χ0) is 34.4. The molecule has 0 fully saturated rings. The van der Waals surface area contributed by atoms with E-state index in [1.807, 2.05) is 115 Å². The van der Waals surface area contributed by atoms with E-state index in [1.54, 1.807) is 0 Å². The molecule has 6 aromatic rings. The van der Waals surface area contributed by atoms with Gasteiger partial charge in [0.05, 0.1) is 6.10 Å². The number of benzene rings is 6. The number of hydrogen-bond acceptors (Lipinski definition) is 5. The maximum atomic E-state index is 11.8. The van der Waals surface area contributed by atoms with Gasteiger partial charge in [0.2, 0.25) is 0 Å². The van der Waals surface area contributed by atoms with E-state index in [0.717, 1.165) is 34.4 Å². The largest absolute Gasteiger partial charge is 0.489 e. The van der Waals surface area contributed by atoms with Gasteiger partial charge in [0.15, 0.2) is 0 Å². The fraction of sp³-hybridized carbons (Fsp3) is 0.200. The van der Waals surface area contributed by atoms with Gasteiger partial charge in [-0.3, -0.25) is 4.90 Å². The predicted molar refractivity (Wildman–Crippen MR) is 200 cm³/mol. The summed E-state index contributed by atoms with van der Waals surface area (Å²) in [6, 6.07) is 55.1. The van der Waals surface area contributed by atoms with Crippen LogP contribution in [0.3, 0.4) is 0 Å². The van der Waals surface area contributed by atoms with Crippen LogP contribution in [-0.4, -0.2) is 22.6 Å². The lowest BCUT2D eigenvalue weighted by atomic mass is 10.0. The van der Waals surface area contributed by atoms with Crippen LogP contribution in [0.5, 0.6) is 17.2 Å². The van der Waals surface area contributed by atoms with Crippen LogP contribution in [0.25, 0.3) is 0 Å². The monoisotopic (exact) mass is 663 g/mol. The van der Waals surface area contributed by atoms with Gasteiger partial charge in [0.25, 0.3) is 0 Å². The lowest BCUT2D eigenvalue weighted by molar-refractivity contribution is 0.0854. The lowest BCUT2D eigenvalue weighted by Gasteiger charge is -2.31. The van der Waals surface area contributed by atoms with Crippen LogP contribution >= 0.6 is 0 Å². The Balaban J connectivity index is 1.17. The standard InChI is InChI=1S/C45H45NO4/c1-35(26-36-22-24-42(25-23-36)48-32-38-16-8-3-9-17-38)46(30-37-14-6-2-7-15-37)31-45(47)41-27-43(49-33-39-18-10-4-11-19-39)29-44(28-41)50-34-40-20-12-5-13-21-40/h2-25,27-29,35,45,47H,26,30-34H2,1H3/t35-,45+/m0/s1. The summed E-state index contributed by atoms with van der Waals surface area (Å²) in [5, 5.41) is 11.8. The Kier molecular flexibility index (Phi) is 12.3. The van der Waals surface area contributed by atoms with E-state index in [0.29, 0.717) is 44.4 Å². The maximum Gasteiger partial charge on any atom is 0.123 e. The second kappa shape index (κ2) is 17.9. The van der Waals surface area contributed by atoms with Crippen LogP contribution in [0.2, 0.25) is 0 Å². The Morgan fingerprint density at radius 2 is 0.900 bits per heavy atom. The van der Waals surface area contributed by atoms with Gasteiger partial charge in [-0.2, -0.15) is 0 Å². The van der Waals surface area contributed by atoms with Crippen LogP contribution < -0.4 is 14.2 Å². The SMILES string of the molecule is C[C@@H](Cc1ccc(OCc2ccccc2)cc1)N(Cc1ccccc1)C[C@@H](O)c1cc(OCc2ccccc2)cc(OCc2ccccc2)c1. The Bertz CT molecular complexity index is 1790. The van der Waals surface area contributed by atoms with E-state index < -0.39 is 6.10 Å². The number of rotatable bonds is 17. The van der Waals surface area contributed by atoms with Crippen molar-refractivity contribution < 1.29 is 19.3 Å². The van der Waals surface area contributed by atoms with Crippen molar-refractivity contribution in [3.63, 3.8) is 0 Å². The molecule has 0 radical (unpaired) electrons. The molecule has 2 atom stereocenters. The number of ether oxygens (including phenoxy) is 3. The molecule has 0 saturated carbocycles. The molecule has 50 heavy (non-hydrogen) atoms. The molecular weight excluding hydrogens is 618 g/mol. The van der Waals surface area contributed by atoms with Crippen molar-refractivity contribution in [1.29, 1.82) is 0 Å². The highest BCUT2D eigenvalue weighted by Gasteiger charge is 2.21. The Morgan fingerprint density at radius 1 is 0.480 bits per heavy atom. The molecule has 6 aromatic carbocycles. The van der Waals surface area contributed by atoms with E-state index in [2.05, 4.69) is 60.4 Å². The van der Waals surface area contributed by atoms with Crippen molar-refractivity contribution in [2.45, 2.75) is 51.9 Å². The molecule has 0 aliphatic heterocycles. The van der Waals surface area contributed by atoms with Gasteiger partial charge in [-0.05, 0) is 71.0 Å². The van der Waals surface area contributed by atoms with Crippen LogP contribution in [-0.2, 0) is 32.8 Å². The minimum atomic E-state index is -0.769. The van der Waals surface area contributed by atoms with E-state index >= 15 is 0 Å². The fourth-order valence-electron chi connectivity index (χ4n) is 5.91. The van der Waals surface area contributed by atoms with Crippen LogP contribution in [0, 0.1) is 0 Å². The second-order valence-electron chi connectivity index (χ2n) is 12.7. The Hall–Kier alpha value is -5.36. The number of aliphatic hydroxyl groups is 1. The summed E-state index contributed by atoms with van der Waals surface area (Å²) in [5.74, 6) is 2.16. The molecule has 1 N–H and O–H groups in total. The van der Waals surface area contributed by atoms with Crippen LogP contribution in [0.15, 0.2) is 164 Å². The average molecular weight is 664 g/mol. The number of hydrogen-bond donors (Lipinski definition) is 1. The highest BCUT2D eigenvalue weighted by Crippen LogP contribution is 2.30. The molecule has 0 bridgehead atoms. The van der Waals surface area contributed by atoms with Crippen molar-refractivity contribution in [1.82, 2.24) is 4.90 Å². The first kappa shape index (κ1) is 34.5. The zero-order valence-corrected chi connectivity index (χ0v) is 28.6. The molecule has 0 aliphatic rings. The highest BCUT2D eigenvalue weighted by molar-refractivity contribution is 5.40. The third kappa shape index (κ3) is 10.6. The van der Waals surface area contributed by atoms with E-state index in [4.69, 9.17) is 14.2 Å². The molecule has 6 rings (SSSR count). The third-order valence-corrected chi connectivity index (χ3v) is 8.75. The van der Waals surface area contributed by atoms with Gasteiger partial charge in [0, 0.05) is 25.2 Å². The van der Waals surface area contributed by atoms with Crippen LogP contribution in [0.4, 0.5) is 0 Å². The normalized spacial score (nSPS) is 12.3. The van der Waals surface area contributed by atoms with Crippen molar-refractivity contribution in [2.75, 3.05) is 6.54 Å². The summed E-state index contributed by atoms with van der Waals surface area (Å²) in [6.45, 7) is 4.76. The summed E-state index contributed by atoms with van der Waals surface area (Å²) in [7, 11) is 0. The molecule has 254 valence electrons. The summed E-state index contributed by atoms with van der Waals surface area (Å²) >= 11 is 0. The van der Waals surface area contributed by atoms with Crippen molar-refractivity contribution in [3.05, 3.63) is 197 Å². The van der Waals surface area contributed by atoms with E-state index in [9.17, 15) is 5.11 Å². The average Bonchev–Trinajstić information content (AvgIpc) is 3.17. The summed E-state index contributed by atoms with van der Waals surface area (Å²) < 4.78 is 18.5. The second-order valence-corrected chi connectivity index (χ2v) is 12.7. The molecule has 0 aromatic heterocycles. The molecule has 0 unspecified atom stereocenters. The summed E-state index contributed by atoms with van der Waals surface area (Å²) in [5.41, 5.74) is 6.45. The highest BCUT2D eigenvalue weighted by atomic mass is 16.5. The smallest absolute Gasteiger partial charge is 0.123 e. The molecule has 5 heteroatoms. The van der Waals surface area contributed by atoms with Crippen molar-refractivity contribution in [3.8, 4) is 17.2 Å². The number of nitrogens with zero attached hydrogens (tertiary/aromatic N) is 1. The quantitative estimate of drug-likeness (QED) is 0.105. The summed E-state index contributed by atoms with van der Waals surface area (Å²) in [4.78, 5) is 2.35. The van der Waals surface area contributed by atoms with E-state index in [1.165, 1.54) is 11.1 Å². The van der Waals surface area contributed by atoms with Crippen molar-refractivity contribution in [2.24, 2.45) is 0 Å². The molecule has 0 heterocycles. The van der Waals surface area contributed by atoms with Gasteiger partial charge in [-0.15, -0.1) is 0 Å². The van der Waals surface area contributed by atoms with Gasteiger partial charge in [-0.1, -0.05) is 133 Å². The van der Waals surface area contributed by atoms with Gasteiger partial charge in [-0.25, -0.2) is 0 Å². The van der Waals surface area contributed by atoms with Crippen molar-refractivity contribution >= 4 is 0 Å². The Morgan fingerprint density at radius 3 is 1.36 bits per heavy atom. The molecule has 0 amide bonds. The maximum absolute atomic E-state index is 11.8. The van der Waals surface area contributed by atoms with Gasteiger partial charge >= 0.3 is 0 Å². The topological polar surface area (TPSA) is 51.2 Å². The lowest BCUT2D eigenvalue weighted by Crippen LogP contribution is -2.37. The molecule has 5 nitrogen and oxygen atoms in total. The first-order valence-electron chi connectivity index (χ1n) is 17.3. The minimum Gasteiger partial charge on any atom is -0.489 e. The minimum absolute atomic E-state index is 0.146. The predicted octanol–water partition coefficient (Wildman–Crippen LogP) is 9.59. The zero-order valence-electron chi connectivity index (χ0n) is 28.6. The fourth-order valence-corrected chi connectivity index (χ4v) is 5.91. The Labute approximate surface area is 296 Å². The van der Waals surface area contributed by atoms with Crippen LogP contribution in [0.1, 0.15) is 46.4 Å². The summed E-state index contributed by atoms with van der Waals surface area (Å²) in [6.07, 6.45) is 0.0544. The first-order chi connectivity index (χ1) is 24.6. The molecular formula is C45H45NO4. The van der Waals surface area contributed by atoms with Gasteiger partial charge < -0.3 is 19.3 Å². The third-order valence-electron chi connectivity index (χ3n) is 8.75.